The van der Waals surface area contributed by atoms with Crippen molar-refractivity contribution < 1.29 is 4.42 Å². The van der Waals surface area contributed by atoms with E-state index < -0.39 is 0 Å². The lowest BCUT2D eigenvalue weighted by atomic mass is 10.1. The molecule has 0 atom stereocenters. The number of nitrogens with one attached hydrogen (secondary N) is 2. The first-order chi connectivity index (χ1) is 12.2. The van der Waals surface area contributed by atoms with Gasteiger partial charge < -0.3 is 15.1 Å². The third kappa shape index (κ3) is 6.63. The minimum absolute atomic E-state index is 0.756. The molecule has 0 spiro atoms. The van der Waals surface area contributed by atoms with Gasteiger partial charge in [-0.05, 0) is 36.3 Å². The van der Waals surface area contributed by atoms with Crippen LogP contribution < -0.4 is 10.6 Å². The van der Waals surface area contributed by atoms with Crippen molar-refractivity contribution in [2.45, 2.75) is 33.4 Å². The Bertz CT molecular complexity index is 633. The van der Waals surface area contributed by atoms with Gasteiger partial charge in [0.25, 0.3) is 0 Å². The van der Waals surface area contributed by atoms with Gasteiger partial charge in [0.05, 0.1) is 6.26 Å². The number of hydrogen-bond acceptors (Lipinski definition) is 3. The van der Waals surface area contributed by atoms with Crippen LogP contribution in [-0.4, -0.2) is 37.5 Å². The molecular weight excluding hydrogens is 312 g/mol. The predicted octanol–water partition coefficient (Wildman–Crippen LogP) is 3.03. The molecule has 1 heterocycles. The lowest BCUT2D eigenvalue weighted by Gasteiger charge is -2.18. The molecule has 2 N–H and O–H groups in total. The van der Waals surface area contributed by atoms with Gasteiger partial charge in [0, 0.05) is 33.1 Å². The molecule has 0 aliphatic heterocycles. The third-order valence-corrected chi connectivity index (χ3v) is 4.22. The molecule has 0 amide bonds. The average Bonchev–Trinajstić information content (AvgIpc) is 3.16. The van der Waals surface area contributed by atoms with E-state index in [4.69, 9.17) is 4.42 Å². The summed E-state index contributed by atoms with van der Waals surface area (Å²) in [5, 5.41) is 6.68. The highest BCUT2D eigenvalue weighted by molar-refractivity contribution is 5.79. The molecule has 2 aromatic rings. The molecule has 0 bridgehead atoms. The monoisotopic (exact) mass is 342 g/mol. The van der Waals surface area contributed by atoms with Crippen LogP contribution in [0, 0.1) is 0 Å². The third-order valence-electron chi connectivity index (χ3n) is 4.22. The lowest BCUT2D eigenvalue weighted by molar-refractivity contribution is 0.296. The van der Waals surface area contributed by atoms with Gasteiger partial charge in [-0.3, -0.25) is 9.89 Å². The second-order valence-corrected chi connectivity index (χ2v) is 5.96. The van der Waals surface area contributed by atoms with E-state index in [9.17, 15) is 0 Å². The summed E-state index contributed by atoms with van der Waals surface area (Å²) in [7, 11) is 1.79. The Hall–Kier alpha value is -2.27. The fourth-order valence-corrected chi connectivity index (χ4v) is 2.71. The molecule has 0 saturated carbocycles. The summed E-state index contributed by atoms with van der Waals surface area (Å²) in [5.74, 6) is 1.78. The van der Waals surface area contributed by atoms with E-state index in [-0.39, 0.29) is 0 Å². The first-order valence-corrected chi connectivity index (χ1v) is 9.02. The zero-order chi connectivity index (χ0) is 17.9. The number of aliphatic imine (C=N–C) groups is 1. The van der Waals surface area contributed by atoms with Gasteiger partial charge in [0.1, 0.15) is 5.76 Å². The van der Waals surface area contributed by atoms with Gasteiger partial charge in [-0.2, -0.15) is 0 Å². The van der Waals surface area contributed by atoms with Gasteiger partial charge in [-0.25, -0.2) is 0 Å². The fraction of sp³-hybridized carbons (Fsp3) is 0.450. The molecule has 25 heavy (non-hydrogen) atoms. The van der Waals surface area contributed by atoms with Gasteiger partial charge >= 0.3 is 0 Å². The van der Waals surface area contributed by atoms with E-state index in [1.54, 1.807) is 13.3 Å². The number of hydrogen-bond donors (Lipinski definition) is 2. The van der Waals surface area contributed by atoms with E-state index in [0.717, 1.165) is 50.9 Å². The second-order valence-electron chi connectivity index (χ2n) is 5.96. The van der Waals surface area contributed by atoms with E-state index in [1.807, 2.05) is 12.1 Å². The Labute approximate surface area is 151 Å². The van der Waals surface area contributed by atoms with Crippen molar-refractivity contribution >= 4 is 5.96 Å². The van der Waals surface area contributed by atoms with Crippen molar-refractivity contribution in [3.05, 3.63) is 59.5 Å². The highest BCUT2D eigenvalue weighted by atomic mass is 16.3. The Morgan fingerprint density at radius 3 is 2.56 bits per heavy atom. The number of guanidine groups is 1. The van der Waals surface area contributed by atoms with Crippen LogP contribution in [0.1, 0.15) is 30.7 Å². The molecule has 5 heteroatoms. The zero-order valence-electron chi connectivity index (χ0n) is 15.6. The molecule has 0 saturated heterocycles. The standard InChI is InChI=1S/C20H30N4O/c1-4-24(5-2)16-18-9-6-8-17(14-18)15-23-20(21-3)22-12-11-19-10-7-13-25-19/h6-10,13-14H,4-5,11-12,15-16H2,1-3H3,(H2,21,22,23). The van der Waals surface area contributed by atoms with Crippen LogP contribution >= 0.6 is 0 Å². The summed E-state index contributed by atoms with van der Waals surface area (Å²) >= 11 is 0. The van der Waals surface area contributed by atoms with Crippen LogP contribution in [0.25, 0.3) is 0 Å². The maximum absolute atomic E-state index is 5.34. The van der Waals surface area contributed by atoms with Gasteiger partial charge in [0.15, 0.2) is 5.96 Å². The Kier molecular flexibility index (Phi) is 8.05. The molecule has 0 aliphatic carbocycles. The molecule has 1 aromatic carbocycles. The first kappa shape index (κ1) is 19.1. The molecule has 0 fully saturated rings. The van der Waals surface area contributed by atoms with E-state index in [1.165, 1.54) is 11.1 Å². The summed E-state index contributed by atoms with van der Waals surface area (Å²) in [6.45, 7) is 9.09. The minimum atomic E-state index is 0.756. The highest BCUT2D eigenvalue weighted by Gasteiger charge is 2.03. The van der Waals surface area contributed by atoms with Gasteiger partial charge in [-0.1, -0.05) is 38.1 Å². The van der Waals surface area contributed by atoms with Crippen LogP contribution in [0.15, 0.2) is 52.1 Å². The highest BCUT2D eigenvalue weighted by Crippen LogP contribution is 2.08. The molecular formula is C20H30N4O. The van der Waals surface area contributed by atoms with Crippen LogP contribution in [0.2, 0.25) is 0 Å². The first-order valence-electron chi connectivity index (χ1n) is 9.02. The molecule has 0 aliphatic rings. The number of furan rings is 1. The van der Waals surface area contributed by atoms with Crippen LogP contribution in [-0.2, 0) is 19.5 Å². The molecule has 2 rings (SSSR count). The van der Waals surface area contributed by atoms with Gasteiger partial charge in [0.2, 0.25) is 0 Å². The zero-order valence-corrected chi connectivity index (χ0v) is 15.6. The summed E-state index contributed by atoms with van der Waals surface area (Å²) in [4.78, 5) is 6.69. The Balaban J connectivity index is 1.80. The van der Waals surface area contributed by atoms with Crippen LogP contribution in [0.5, 0.6) is 0 Å². The van der Waals surface area contributed by atoms with Crippen molar-refractivity contribution in [1.29, 1.82) is 0 Å². The second kappa shape index (κ2) is 10.6. The van der Waals surface area contributed by atoms with Crippen molar-refractivity contribution in [3.8, 4) is 0 Å². The van der Waals surface area contributed by atoms with Crippen molar-refractivity contribution in [3.63, 3.8) is 0 Å². The van der Waals surface area contributed by atoms with E-state index >= 15 is 0 Å². The maximum atomic E-state index is 5.34. The number of rotatable bonds is 9. The van der Waals surface area contributed by atoms with Crippen LogP contribution in [0.3, 0.4) is 0 Å². The lowest BCUT2D eigenvalue weighted by Crippen LogP contribution is -2.37. The predicted molar refractivity (Wildman–Crippen MR) is 104 cm³/mol. The van der Waals surface area contributed by atoms with Gasteiger partial charge in [-0.15, -0.1) is 0 Å². The summed E-state index contributed by atoms with van der Waals surface area (Å²) in [5.41, 5.74) is 2.61. The average molecular weight is 342 g/mol. The molecule has 136 valence electrons. The molecule has 1 aromatic heterocycles. The molecule has 0 unspecified atom stereocenters. The van der Waals surface area contributed by atoms with Crippen molar-refractivity contribution in [2.75, 3.05) is 26.7 Å². The van der Waals surface area contributed by atoms with E-state index in [0.29, 0.717) is 0 Å². The van der Waals surface area contributed by atoms with Crippen molar-refractivity contribution in [2.24, 2.45) is 4.99 Å². The fourth-order valence-electron chi connectivity index (χ4n) is 2.71. The smallest absolute Gasteiger partial charge is 0.191 e. The number of nitrogens with zero attached hydrogens (tertiary/aromatic N) is 2. The largest absolute Gasteiger partial charge is 0.469 e. The maximum Gasteiger partial charge on any atom is 0.191 e. The summed E-state index contributed by atoms with van der Waals surface area (Å²) in [6.07, 6.45) is 2.54. The normalized spacial score (nSPS) is 11.8. The SMILES string of the molecule is CCN(CC)Cc1cccc(CNC(=NC)NCCc2ccco2)c1. The molecule has 0 radical (unpaired) electrons. The summed E-state index contributed by atoms with van der Waals surface area (Å²) < 4.78 is 5.34. The Morgan fingerprint density at radius 2 is 1.88 bits per heavy atom. The van der Waals surface area contributed by atoms with Crippen LogP contribution in [0.4, 0.5) is 0 Å². The minimum Gasteiger partial charge on any atom is -0.469 e. The van der Waals surface area contributed by atoms with Crippen molar-refractivity contribution in [1.82, 2.24) is 15.5 Å². The Morgan fingerprint density at radius 1 is 1.08 bits per heavy atom. The summed E-state index contributed by atoms with van der Waals surface area (Å²) in [6, 6.07) is 12.6. The van der Waals surface area contributed by atoms with E-state index in [2.05, 4.69) is 58.6 Å². The number of benzene rings is 1. The topological polar surface area (TPSA) is 52.8 Å². The quantitative estimate of drug-likeness (QED) is 0.543. The molecule has 5 nitrogen and oxygen atoms in total.